The van der Waals surface area contributed by atoms with E-state index in [-0.39, 0.29) is 11.7 Å². The fourth-order valence-electron chi connectivity index (χ4n) is 3.58. The fourth-order valence-corrected chi connectivity index (χ4v) is 3.78. The first-order valence-electron chi connectivity index (χ1n) is 9.72. The highest BCUT2D eigenvalue weighted by molar-refractivity contribution is 6.31. The maximum absolute atomic E-state index is 13.9. The number of hydrogen-bond donors (Lipinski definition) is 1. The summed E-state index contributed by atoms with van der Waals surface area (Å²) in [4.78, 5) is 15.0. The predicted octanol–water partition coefficient (Wildman–Crippen LogP) is 4.97. The molecule has 0 atom stereocenters. The Kier molecular flexibility index (Phi) is 5.81. The van der Waals surface area contributed by atoms with E-state index in [2.05, 4.69) is 15.3 Å². The van der Waals surface area contributed by atoms with Crippen LogP contribution in [0.3, 0.4) is 0 Å². The van der Waals surface area contributed by atoms with Crippen LogP contribution in [0.4, 0.5) is 15.8 Å². The number of aromatic nitrogens is 2. The Bertz CT molecular complexity index is 1010. The molecule has 0 aliphatic carbocycles. The summed E-state index contributed by atoms with van der Waals surface area (Å²) in [5.74, 6) is -0.699. The van der Waals surface area contributed by atoms with E-state index in [1.54, 1.807) is 16.9 Å². The zero-order valence-corrected chi connectivity index (χ0v) is 16.7. The minimum atomic E-state index is -0.379. The molecule has 1 N–H and O–H groups in total. The number of nitrogens with zero attached hydrogens (tertiary/aromatic N) is 3. The number of amides is 1. The van der Waals surface area contributed by atoms with Gasteiger partial charge in [0, 0.05) is 24.3 Å². The molecule has 1 aliphatic heterocycles. The summed E-state index contributed by atoms with van der Waals surface area (Å²) in [6.45, 7) is 2.28. The molecular formula is C22H22ClFN4O. The zero-order chi connectivity index (χ0) is 20.2. The second-order valence-electron chi connectivity index (χ2n) is 7.18. The maximum atomic E-state index is 13.9. The van der Waals surface area contributed by atoms with Crippen molar-refractivity contribution in [1.29, 1.82) is 0 Å². The van der Waals surface area contributed by atoms with E-state index in [1.807, 2.05) is 24.3 Å². The number of rotatable bonds is 5. The van der Waals surface area contributed by atoms with Gasteiger partial charge in [-0.15, -0.1) is 0 Å². The van der Waals surface area contributed by atoms with E-state index in [0.29, 0.717) is 22.8 Å². The summed E-state index contributed by atoms with van der Waals surface area (Å²) in [7, 11) is 0. The molecule has 5 nitrogen and oxygen atoms in total. The topological polar surface area (TPSA) is 50.2 Å². The summed E-state index contributed by atoms with van der Waals surface area (Å²) in [5.41, 5.74) is 2.66. The highest BCUT2D eigenvalue weighted by Gasteiger charge is 2.18. The first-order valence-corrected chi connectivity index (χ1v) is 10.1. The van der Waals surface area contributed by atoms with Gasteiger partial charge in [0.25, 0.3) is 5.91 Å². The first-order chi connectivity index (χ1) is 14.1. The molecule has 1 saturated heterocycles. The molecule has 29 heavy (non-hydrogen) atoms. The number of halogens is 2. The van der Waals surface area contributed by atoms with Gasteiger partial charge in [-0.3, -0.25) is 9.48 Å². The van der Waals surface area contributed by atoms with Gasteiger partial charge in [0.15, 0.2) is 0 Å². The van der Waals surface area contributed by atoms with Crippen molar-refractivity contribution in [3.8, 4) is 0 Å². The van der Waals surface area contributed by atoms with Crippen LogP contribution >= 0.6 is 11.6 Å². The Morgan fingerprint density at radius 3 is 2.72 bits per heavy atom. The summed E-state index contributed by atoms with van der Waals surface area (Å²) >= 11 is 6.20. The summed E-state index contributed by atoms with van der Waals surface area (Å²) in [6, 6.07) is 12.0. The normalized spacial score (nSPS) is 14.1. The third kappa shape index (κ3) is 4.59. The standard InChI is InChI=1S/C22H22ClFN4O/c23-19-7-3-2-6-16(19)14-28-15-17(13-25-28)22(29)26-20-12-18(24)8-9-21(20)27-10-4-1-5-11-27/h2-3,6-9,12-13,15H,1,4-5,10-11,14H2,(H,26,29). The van der Waals surface area contributed by atoms with Crippen molar-refractivity contribution in [2.24, 2.45) is 0 Å². The van der Waals surface area contributed by atoms with Crippen molar-refractivity contribution >= 4 is 28.9 Å². The summed E-state index contributed by atoms with van der Waals surface area (Å²) in [5, 5.41) is 7.76. The quantitative estimate of drug-likeness (QED) is 0.643. The Labute approximate surface area is 174 Å². The molecule has 4 rings (SSSR count). The third-order valence-electron chi connectivity index (χ3n) is 5.09. The van der Waals surface area contributed by atoms with E-state index in [0.717, 1.165) is 37.2 Å². The lowest BCUT2D eigenvalue weighted by atomic mass is 10.1. The predicted molar refractivity (Wildman–Crippen MR) is 113 cm³/mol. The van der Waals surface area contributed by atoms with Crippen LogP contribution in [0.5, 0.6) is 0 Å². The van der Waals surface area contributed by atoms with Gasteiger partial charge in [-0.05, 0) is 49.1 Å². The van der Waals surface area contributed by atoms with Gasteiger partial charge in [-0.1, -0.05) is 29.8 Å². The minimum Gasteiger partial charge on any atom is -0.370 e. The molecule has 0 bridgehead atoms. The molecule has 0 unspecified atom stereocenters. The zero-order valence-electron chi connectivity index (χ0n) is 15.9. The number of carbonyl (C=O) groups excluding carboxylic acids is 1. The fraction of sp³-hybridized carbons (Fsp3) is 0.273. The Hall–Kier alpha value is -2.86. The molecule has 1 aliphatic rings. The van der Waals surface area contributed by atoms with Crippen LogP contribution in [-0.2, 0) is 6.54 Å². The SMILES string of the molecule is O=C(Nc1cc(F)ccc1N1CCCCC1)c1cnn(Cc2ccccc2Cl)c1. The molecule has 3 aromatic rings. The van der Waals surface area contributed by atoms with Crippen LogP contribution in [0.2, 0.25) is 5.02 Å². The number of hydrogen-bond acceptors (Lipinski definition) is 3. The Morgan fingerprint density at radius 1 is 1.14 bits per heavy atom. The molecule has 2 aromatic carbocycles. The lowest BCUT2D eigenvalue weighted by Gasteiger charge is -2.30. The first kappa shape index (κ1) is 19.5. The van der Waals surface area contributed by atoms with Crippen molar-refractivity contribution in [2.75, 3.05) is 23.3 Å². The number of benzene rings is 2. The van der Waals surface area contributed by atoms with Crippen molar-refractivity contribution in [3.63, 3.8) is 0 Å². The number of piperidine rings is 1. The number of nitrogens with one attached hydrogen (secondary N) is 1. The van der Waals surface area contributed by atoms with Crippen LogP contribution in [0.25, 0.3) is 0 Å². The average molecular weight is 413 g/mol. The van der Waals surface area contributed by atoms with Crippen LogP contribution in [0, 0.1) is 5.82 Å². The highest BCUT2D eigenvalue weighted by Crippen LogP contribution is 2.29. The Morgan fingerprint density at radius 2 is 1.93 bits per heavy atom. The molecule has 0 radical (unpaired) electrons. The molecular weight excluding hydrogens is 391 g/mol. The van der Waals surface area contributed by atoms with Gasteiger partial charge in [-0.2, -0.15) is 5.10 Å². The molecule has 7 heteroatoms. The van der Waals surface area contributed by atoms with Crippen LogP contribution in [0.1, 0.15) is 35.2 Å². The van der Waals surface area contributed by atoms with Crippen molar-refractivity contribution in [3.05, 3.63) is 76.8 Å². The van der Waals surface area contributed by atoms with Gasteiger partial charge in [0.05, 0.1) is 29.7 Å². The molecule has 2 heterocycles. The van der Waals surface area contributed by atoms with Gasteiger partial charge >= 0.3 is 0 Å². The van der Waals surface area contributed by atoms with Crippen LogP contribution < -0.4 is 10.2 Å². The smallest absolute Gasteiger partial charge is 0.258 e. The van der Waals surface area contributed by atoms with Gasteiger partial charge in [0.1, 0.15) is 5.82 Å². The average Bonchev–Trinajstić information content (AvgIpc) is 3.19. The second-order valence-corrected chi connectivity index (χ2v) is 7.59. The van der Waals surface area contributed by atoms with Gasteiger partial charge < -0.3 is 10.2 Å². The van der Waals surface area contributed by atoms with Crippen LogP contribution in [-0.4, -0.2) is 28.8 Å². The maximum Gasteiger partial charge on any atom is 0.258 e. The summed E-state index contributed by atoms with van der Waals surface area (Å²) in [6.07, 6.45) is 6.56. The van der Waals surface area contributed by atoms with E-state index in [1.165, 1.54) is 24.8 Å². The van der Waals surface area contributed by atoms with Gasteiger partial charge in [0.2, 0.25) is 0 Å². The van der Waals surface area contributed by atoms with E-state index in [4.69, 9.17) is 11.6 Å². The van der Waals surface area contributed by atoms with Crippen molar-refractivity contribution in [2.45, 2.75) is 25.8 Å². The third-order valence-corrected chi connectivity index (χ3v) is 5.46. The molecule has 1 fully saturated rings. The van der Waals surface area contributed by atoms with E-state index < -0.39 is 0 Å². The van der Waals surface area contributed by atoms with E-state index in [9.17, 15) is 9.18 Å². The number of anilines is 2. The van der Waals surface area contributed by atoms with Gasteiger partial charge in [-0.25, -0.2) is 4.39 Å². The summed E-state index contributed by atoms with van der Waals surface area (Å²) < 4.78 is 15.5. The Balaban J connectivity index is 1.51. The largest absolute Gasteiger partial charge is 0.370 e. The lowest BCUT2D eigenvalue weighted by molar-refractivity contribution is 0.102. The van der Waals surface area contributed by atoms with E-state index >= 15 is 0 Å². The second kappa shape index (κ2) is 8.66. The molecule has 1 aromatic heterocycles. The molecule has 1 amide bonds. The lowest BCUT2D eigenvalue weighted by Crippen LogP contribution is -2.30. The molecule has 150 valence electrons. The highest BCUT2D eigenvalue weighted by atomic mass is 35.5. The number of carbonyl (C=O) groups is 1. The monoisotopic (exact) mass is 412 g/mol. The minimum absolute atomic E-state index is 0.320. The van der Waals surface area contributed by atoms with Crippen molar-refractivity contribution < 1.29 is 9.18 Å². The molecule has 0 spiro atoms. The van der Waals surface area contributed by atoms with Crippen molar-refractivity contribution in [1.82, 2.24) is 9.78 Å². The molecule has 0 saturated carbocycles. The van der Waals surface area contributed by atoms with Crippen LogP contribution in [0.15, 0.2) is 54.9 Å².